The van der Waals surface area contributed by atoms with E-state index in [0.29, 0.717) is 11.4 Å². The number of methoxy groups -OCH3 is 2. The van der Waals surface area contributed by atoms with Crippen molar-refractivity contribution in [3.05, 3.63) is 60.4 Å². The highest BCUT2D eigenvalue weighted by Gasteiger charge is 2.22. The molecule has 2 aromatic carbocycles. The lowest BCUT2D eigenvalue weighted by Crippen LogP contribution is -2.34. The van der Waals surface area contributed by atoms with E-state index in [4.69, 9.17) is 9.47 Å². The lowest BCUT2D eigenvalue weighted by molar-refractivity contribution is 0.256. The lowest BCUT2D eigenvalue weighted by Gasteiger charge is -2.14. The number of nitrogens with zero attached hydrogens (tertiary/aromatic N) is 2. The number of rotatable bonds is 7. The first kappa shape index (κ1) is 22.2. The van der Waals surface area contributed by atoms with Crippen LogP contribution in [-0.2, 0) is 10.0 Å². The van der Waals surface area contributed by atoms with Crippen LogP contribution in [-0.4, -0.2) is 38.4 Å². The number of amides is 2. The maximum absolute atomic E-state index is 12.7. The van der Waals surface area contributed by atoms with Crippen LogP contribution in [0.3, 0.4) is 0 Å². The summed E-state index contributed by atoms with van der Waals surface area (Å²) in [5, 5.41) is 6.94. The maximum atomic E-state index is 12.7. The van der Waals surface area contributed by atoms with Crippen LogP contribution in [0.5, 0.6) is 11.5 Å². The predicted molar refractivity (Wildman–Crippen MR) is 117 cm³/mol. The second kappa shape index (κ2) is 9.09. The smallest absolute Gasteiger partial charge is 0.333 e. The topological polar surface area (TPSA) is 112 Å². The molecule has 164 valence electrons. The van der Waals surface area contributed by atoms with Crippen LogP contribution in [0.25, 0.3) is 5.69 Å². The van der Waals surface area contributed by atoms with Crippen LogP contribution in [0.15, 0.2) is 59.6 Å². The van der Waals surface area contributed by atoms with Crippen LogP contribution < -0.4 is 19.5 Å². The first-order valence-corrected chi connectivity index (χ1v) is 10.9. The molecule has 0 saturated carbocycles. The second-order valence-electron chi connectivity index (χ2n) is 6.92. The molecule has 2 N–H and O–H groups in total. The maximum Gasteiger partial charge on any atom is 0.333 e. The zero-order chi connectivity index (χ0) is 22.6. The molecule has 0 saturated heterocycles. The van der Waals surface area contributed by atoms with Gasteiger partial charge in [-0.1, -0.05) is 32.0 Å². The largest absolute Gasteiger partial charge is 0.493 e. The molecule has 31 heavy (non-hydrogen) atoms. The van der Waals surface area contributed by atoms with Crippen molar-refractivity contribution in [2.45, 2.75) is 24.7 Å². The summed E-state index contributed by atoms with van der Waals surface area (Å²) < 4.78 is 39.3. The lowest BCUT2D eigenvalue weighted by atomic mass is 10.1. The molecule has 0 bridgehead atoms. The number of urea groups is 1. The Bertz CT molecular complexity index is 1170. The van der Waals surface area contributed by atoms with E-state index in [-0.39, 0.29) is 16.6 Å². The summed E-state index contributed by atoms with van der Waals surface area (Å²) in [5.41, 5.74) is 1.99. The minimum atomic E-state index is -4.14. The van der Waals surface area contributed by atoms with Crippen molar-refractivity contribution in [3.63, 3.8) is 0 Å². The number of hydrogen-bond acceptors (Lipinski definition) is 6. The predicted octanol–water partition coefficient (Wildman–Crippen LogP) is 3.52. The molecule has 0 atom stereocenters. The van der Waals surface area contributed by atoms with E-state index in [1.54, 1.807) is 4.68 Å². The molecular formula is C21H24N4O5S. The Balaban J connectivity index is 1.83. The molecule has 1 aromatic heterocycles. The van der Waals surface area contributed by atoms with E-state index >= 15 is 0 Å². The first-order valence-electron chi connectivity index (χ1n) is 9.46. The number of hydrogen-bond donors (Lipinski definition) is 2. The number of para-hydroxylation sites is 1. The number of aromatic nitrogens is 2. The fourth-order valence-electron chi connectivity index (χ4n) is 3.10. The third-order valence-corrected chi connectivity index (χ3v) is 5.82. The van der Waals surface area contributed by atoms with Crippen LogP contribution in [0.1, 0.15) is 25.5 Å². The van der Waals surface area contributed by atoms with Gasteiger partial charge in [0, 0.05) is 6.07 Å². The first-order chi connectivity index (χ1) is 14.8. The van der Waals surface area contributed by atoms with Crippen molar-refractivity contribution in [1.82, 2.24) is 14.5 Å². The Hall–Kier alpha value is -3.53. The van der Waals surface area contributed by atoms with Gasteiger partial charge in [-0.25, -0.2) is 22.6 Å². The molecular weight excluding hydrogens is 420 g/mol. The standard InChI is InChI=1S/C21H24N4O5S/c1-14(2)20-17(13-22-25(20)15-8-6-5-7-9-15)23-21(26)24-31(27,28)16-10-11-18(29-3)19(12-16)30-4/h5-14H,1-4H3,(H2,23,24,26). The quantitative estimate of drug-likeness (QED) is 0.577. The van der Waals surface area contributed by atoms with Gasteiger partial charge >= 0.3 is 6.03 Å². The zero-order valence-corrected chi connectivity index (χ0v) is 18.4. The molecule has 3 rings (SSSR count). The van der Waals surface area contributed by atoms with E-state index in [9.17, 15) is 13.2 Å². The number of benzene rings is 2. The van der Waals surface area contributed by atoms with Crippen LogP contribution >= 0.6 is 0 Å². The summed E-state index contributed by atoms with van der Waals surface area (Å²) in [7, 11) is -1.30. The molecule has 10 heteroatoms. The van der Waals surface area contributed by atoms with Gasteiger partial charge in [-0.05, 0) is 30.2 Å². The van der Waals surface area contributed by atoms with Gasteiger partial charge in [0.25, 0.3) is 10.0 Å². The van der Waals surface area contributed by atoms with Gasteiger partial charge in [0.05, 0.1) is 42.4 Å². The molecule has 0 radical (unpaired) electrons. The fraction of sp³-hybridized carbons (Fsp3) is 0.238. The highest BCUT2D eigenvalue weighted by molar-refractivity contribution is 7.90. The third-order valence-electron chi connectivity index (χ3n) is 4.49. The average Bonchev–Trinajstić information content (AvgIpc) is 3.17. The second-order valence-corrected chi connectivity index (χ2v) is 8.60. The highest BCUT2D eigenvalue weighted by atomic mass is 32.2. The van der Waals surface area contributed by atoms with Crippen LogP contribution in [0.4, 0.5) is 10.5 Å². The number of anilines is 1. The van der Waals surface area contributed by atoms with Gasteiger partial charge in [-0.15, -0.1) is 0 Å². The molecule has 0 aliphatic carbocycles. The summed E-state index contributed by atoms with van der Waals surface area (Å²) >= 11 is 0. The normalized spacial score (nSPS) is 11.3. The van der Waals surface area contributed by atoms with Crippen LogP contribution in [0.2, 0.25) is 0 Å². The van der Waals surface area contributed by atoms with Crippen molar-refractivity contribution in [1.29, 1.82) is 0 Å². The van der Waals surface area contributed by atoms with Gasteiger partial charge in [-0.2, -0.15) is 5.10 Å². The Morgan fingerprint density at radius 3 is 2.32 bits per heavy atom. The number of carbonyl (C=O) groups is 1. The Kier molecular flexibility index (Phi) is 6.50. The number of carbonyl (C=O) groups excluding carboxylic acids is 1. The molecule has 2 amide bonds. The van der Waals surface area contributed by atoms with Crippen molar-refractivity contribution in [3.8, 4) is 17.2 Å². The van der Waals surface area contributed by atoms with Gasteiger partial charge in [0.2, 0.25) is 0 Å². The van der Waals surface area contributed by atoms with E-state index in [2.05, 4.69) is 10.4 Å². The minimum Gasteiger partial charge on any atom is -0.493 e. The van der Waals surface area contributed by atoms with Gasteiger partial charge in [0.1, 0.15) is 0 Å². The number of nitrogens with one attached hydrogen (secondary N) is 2. The Morgan fingerprint density at radius 1 is 1.03 bits per heavy atom. The molecule has 0 unspecified atom stereocenters. The third kappa shape index (κ3) is 4.80. The molecule has 0 fully saturated rings. The van der Waals surface area contributed by atoms with Gasteiger partial charge < -0.3 is 14.8 Å². The zero-order valence-electron chi connectivity index (χ0n) is 17.6. The summed E-state index contributed by atoms with van der Waals surface area (Å²) in [6.07, 6.45) is 1.49. The molecule has 0 spiro atoms. The SMILES string of the molecule is COc1ccc(S(=O)(=O)NC(=O)Nc2cnn(-c3ccccc3)c2C(C)C)cc1OC. The summed E-state index contributed by atoms with van der Waals surface area (Å²) in [6, 6.07) is 12.6. The Labute approximate surface area is 181 Å². The summed E-state index contributed by atoms with van der Waals surface area (Å²) in [6.45, 7) is 3.92. The van der Waals surface area contributed by atoms with Gasteiger partial charge in [-0.3, -0.25) is 0 Å². The van der Waals surface area contributed by atoms with Crippen molar-refractivity contribution in [2.24, 2.45) is 0 Å². The van der Waals surface area contributed by atoms with Crippen LogP contribution in [0, 0.1) is 0 Å². The molecule has 9 nitrogen and oxygen atoms in total. The molecule has 0 aliphatic heterocycles. The van der Waals surface area contributed by atoms with Crippen molar-refractivity contribution < 1.29 is 22.7 Å². The van der Waals surface area contributed by atoms with E-state index in [0.717, 1.165) is 11.4 Å². The molecule has 1 heterocycles. The highest BCUT2D eigenvalue weighted by Crippen LogP contribution is 2.30. The van der Waals surface area contributed by atoms with Crippen molar-refractivity contribution >= 4 is 21.7 Å². The monoisotopic (exact) mass is 444 g/mol. The average molecular weight is 445 g/mol. The molecule has 0 aliphatic rings. The van der Waals surface area contributed by atoms with E-state index in [1.165, 1.54) is 38.6 Å². The molecule has 3 aromatic rings. The minimum absolute atomic E-state index is 0.0143. The van der Waals surface area contributed by atoms with E-state index < -0.39 is 16.1 Å². The number of sulfonamides is 1. The van der Waals surface area contributed by atoms with Crippen molar-refractivity contribution in [2.75, 3.05) is 19.5 Å². The Morgan fingerprint density at radius 2 is 1.71 bits per heavy atom. The summed E-state index contributed by atoms with van der Waals surface area (Å²) in [4.78, 5) is 12.4. The summed E-state index contributed by atoms with van der Waals surface area (Å²) in [5.74, 6) is 0.623. The number of ether oxygens (including phenoxy) is 2. The van der Waals surface area contributed by atoms with Gasteiger partial charge in [0.15, 0.2) is 11.5 Å². The fourth-order valence-corrected chi connectivity index (χ4v) is 4.02. The van der Waals surface area contributed by atoms with E-state index in [1.807, 2.05) is 48.9 Å².